The van der Waals surface area contributed by atoms with E-state index in [1.807, 2.05) is 33.3 Å². The fraction of sp³-hybridized carbons (Fsp3) is 0.917. The van der Waals surface area contributed by atoms with Crippen LogP contribution in [0.5, 0.6) is 0 Å². The van der Waals surface area contributed by atoms with Crippen molar-refractivity contribution in [3.05, 3.63) is 24.3 Å². The number of ether oxygens (including phenoxy) is 1. The van der Waals surface area contributed by atoms with Gasteiger partial charge in [0, 0.05) is 12.8 Å². The van der Waals surface area contributed by atoms with Crippen molar-refractivity contribution in [2.45, 2.75) is 386 Å². The van der Waals surface area contributed by atoms with E-state index in [0.717, 1.165) is 77.0 Å². The number of nitrogens with one attached hydrogen (secondary N) is 1. The third-order valence-electron chi connectivity index (χ3n) is 16.6. The summed E-state index contributed by atoms with van der Waals surface area (Å²) < 4.78 is 30.8. The minimum absolute atomic E-state index is 0.0424. The van der Waals surface area contributed by atoms with Crippen LogP contribution in [0.25, 0.3) is 0 Å². The van der Waals surface area contributed by atoms with Crippen LogP contribution in [0.4, 0.5) is 0 Å². The lowest BCUT2D eigenvalue weighted by atomic mass is 10.0. The normalized spacial score (nSPS) is 13.6. The Bertz CT molecular complexity index is 1450. The Kier molecular flexibility index (Phi) is 61.4. The standard InChI is InChI=1S/C72H141N2O7P/c1-7-10-13-16-19-22-25-28-30-32-33-34-35-36-37-38-39-40-41-42-44-47-50-53-56-59-62-65-72(76)81-70(63-60-57-54-51-48-45-27-24-21-18-15-12-9-3)69(68-80-82(77,78)79-67-66-74(4,5)6)73-71(75)64-61-58-55-52-49-46-43-31-29-26-23-20-17-14-11-8-2/h31,43,60,63,69-70H,7-30,32-42,44-59,61-62,64-68H2,1-6H3,(H-,73,75,77,78)/p+1/b43-31+,63-60-. The summed E-state index contributed by atoms with van der Waals surface area (Å²) in [5.41, 5.74) is 0. The fourth-order valence-corrected chi connectivity index (χ4v) is 11.8. The lowest BCUT2D eigenvalue weighted by Gasteiger charge is -2.27. The summed E-state index contributed by atoms with van der Waals surface area (Å²) in [6.45, 7) is 7.07. The van der Waals surface area contributed by atoms with Crippen molar-refractivity contribution < 1.29 is 37.3 Å². The van der Waals surface area contributed by atoms with Crippen molar-refractivity contribution in [3.63, 3.8) is 0 Å². The van der Waals surface area contributed by atoms with Crippen LogP contribution in [-0.2, 0) is 27.9 Å². The smallest absolute Gasteiger partial charge is 0.456 e. The van der Waals surface area contributed by atoms with E-state index in [1.54, 1.807) is 0 Å². The predicted molar refractivity (Wildman–Crippen MR) is 356 cm³/mol. The SMILES string of the molecule is CCCCCCCCC/C=C/CCCCCCCC(=O)NC(COP(=O)(O)OCC[N+](C)(C)C)C(/C=C\CCCCCCCCCCCCC)OC(=O)CCCCCCCCCCCCCCCCCCCCCCCCCCCCC. The fourth-order valence-electron chi connectivity index (χ4n) is 11.1. The summed E-state index contributed by atoms with van der Waals surface area (Å²) in [7, 11) is 1.51. The van der Waals surface area contributed by atoms with Gasteiger partial charge < -0.3 is 19.4 Å². The van der Waals surface area contributed by atoms with E-state index in [0.29, 0.717) is 23.9 Å². The maximum Gasteiger partial charge on any atom is 0.472 e. The molecule has 3 atom stereocenters. The molecule has 2 N–H and O–H groups in total. The lowest BCUT2D eigenvalue weighted by Crippen LogP contribution is -2.47. The van der Waals surface area contributed by atoms with Gasteiger partial charge in [0.15, 0.2) is 0 Å². The zero-order valence-electron chi connectivity index (χ0n) is 55.8. The Balaban J connectivity index is 4.99. The number of nitrogens with zero attached hydrogens (tertiary/aromatic N) is 1. The Hall–Kier alpha value is -1.51. The van der Waals surface area contributed by atoms with Gasteiger partial charge in [-0.15, -0.1) is 0 Å². The third-order valence-corrected chi connectivity index (χ3v) is 17.6. The van der Waals surface area contributed by atoms with E-state index in [9.17, 15) is 19.0 Å². The van der Waals surface area contributed by atoms with Gasteiger partial charge in [-0.05, 0) is 57.4 Å². The summed E-state index contributed by atoms with van der Waals surface area (Å²) in [6, 6.07) is -0.848. The summed E-state index contributed by atoms with van der Waals surface area (Å²) in [4.78, 5) is 37.9. The number of amides is 1. The molecule has 0 saturated heterocycles. The van der Waals surface area contributed by atoms with Gasteiger partial charge in [0.1, 0.15) is 19.3 Å². The van der Waals surface area contributed by atoms with Gasteiger partial charge in [-0.25, -0.2) is 4.57 Å². The highest BCUT2D eigenvalue weighted by Gasteiger charge is 2.30. The Morgan fingerprint density at radius 1 is 0.415 bits per heavy atom. The van der Waals surface area contributed by atoms with E-state index in [1.165, 1.54) is 263 Å². The topological polar surface area (TPSA) is 111 Å². The van der Waals surface area contributed by atoms with Gasteiger partial charge in [-0.3, -0.25) is 18.6 Å². The maximum atomic E-state index is 13.6. The molecule has 82 heavy (non-hydrogen) atoms. The lowest BCUT2D eigenvalue weighted by molar-refractivity contribution is -0.870. The first-order valence-corrected chi connectivity index (χ1v) is 37.7. The summed E-state index contributed by atoms with van der Waals surface area (Å²) in [5, 5.41) is 3.07. The molecular formula is C72H142N2O7P+. The molecule has 0 aliphatic rings. The van der Waals surface area contributed by atoms with Crippen LogP contribution in [0.3, 0.4) is 0 Å². The molecule has 0 bridgehead atoms. The number of unbranched alkanes of at least 4 members (excludes halogenated alkanes) is 49. The molecule has 1 amide bonds. The number of likely N-dealkylation sites (N-methyl/N-ethyl adjacent to an activating group) is 1. The van der Waals surface area contributed by atoms with Gasteiger partial charge in [0.2, 0.25) is 5.91 Å². The second kappa shape index (κ2) is 62.5. The molecule has 0 aromatic heterocycles. The van der Waals surface area contributed by atoms with E-state index >= 15 is 0 Å². The summed E-state index contributed by atoms with van der Waals surface area (Å²) >= 11 is 0. The molecule has 9 nitrogen and oxygen atoms in total. The van der Waals surface area contributed by atoms with E-state index in [4.69, 9.17) is 13.8 Å². The number of phosphoric acid groups is 1. The van der Waals surface area contributed by atoms with Crippen molar-refractivity contribution >= 4 is 19.7 Å². The Labute approximate surface area is 511 Å². The molecule has 3 unspecified atom stereocenters. The average molecular weight is 1180 g/mol. The second-order valence-electron chi connectivity index (χ2n) is 26.1. The average Bonchev–Trinajstić information content (AvgIpc) is 3.45. The predicted octanol–water partition coefficient (Wildman–Crippen LogP) is 22.9. The van der Waals surface area contributed by atoms with Crippen LogP contribution in [0.2, 0.25) is 0 Å². The highest BCUT2D eigenvalue weighted by molar-refractivity contribution is 7.47. The molecule has 0 heterocycles. The van der Waals surface area contributed by atoms with Crippen molar-refractivity contribution in [2.24, 2.45) is 0 Å². The zero-order valence-corrected chi connectivity index (χ0v) is 56.7. The minimum atomic E-state index is -4.45. The highest BCUT2D eigenvalue weighted by atomic mass is 31.2. The molecule has 0 aromatic rings. The number of phosphoric ester groups is 1. The van der Waals surface area contributed by atoms with Crippen molar-refractivity contribution in [1.29, 1.82) is 0 Å². The number of quaternary nitrogens is 1. The monoisotopic (exact) mass is 1180 g/mol. The van der Waals surface area contributed by atoms with Crippen LogP contribution in [0.15, 0.2) is 24.3 Å². The largest absolute Gasteiger partial charge is 0.472 e. The summed E-state index contributed by atoms with van der Waals surface area (Å²) in [5.74, 6) is -0.492. The van der Waals surface area contributed by atoms with Gasteiger partial charge >= 0.3 is 13.8 Å². The second-order valence-corrected chi connectivity index (χ2v) is 27.6. The quantitative estimate of drug-likeness (QED) is 0.0205. The number of hydrogen-bond acceptors (Lipinski definition) is 6. The third kappa shape index (κ3) is 63.0. The van der Waals surface area contributed by atoms with Crippen molar-refractivity contribution in [1.82, 2.24) is 5.32 Å². The molecule has 0 aliphatic carbocycles. The summed E-state index contributed by atoms with van der Waals surface area (Å²) in [6.07, 6.45) is 76.3. The number of esters is 1. The molecule has 10 heteroatoms. The Morgan fingerprint density at radius 2 is 0.707 bits per heavy atom. The molecule has 0 radical (unpaired) electrons. The molecular weight excluding hydrogens is 1040 g/mol. The van der Waals surface area contributed by atoms with Gasteiger partial charge in [-0.1, -0.05) is 328 Å². The van der Waals surface area contributed by atoms with Gasteiger partial charge in [0.05, 0.1) is 33.8 Å². The molecule has 0 rings (SSSR count). The number of hydrogen-bond donors (Lipinski definition) is 2. The van der Waals surface area contributed by atoms with Crippen molar-refractivity contribution in [2.75, 3.05) is 40.9 Å². The molecule has 0 saturated carbocycles. The molecule has 0 spiro atoms. The number of carbonyl (C=O) groups is 2. The van der Waals surface area contributed by atoms with Crippen LogP contribution < -0.4 is 5.32 Å². The van der Waals surface area contributed by atoms with Crippen LogP contribution >= 0.6 is 7.82 Å². The van der Waals surface area contributed by atoms with Gasteiger partial charge in [0.25, 0.3) is 0 Å². The molecule has 0 aromatic carbocycles. The maximum absolute atomic E-state index is 13.6. The molecule has 0 aliphatic heterocycles. The molecule has 486 valence electrons. The number of allylic oxidation sites excluding steroid dienone is 3. The number of rotatable bonds is 67. The Morgan fingerprint density at radius 3 is 1.04 bits per heavy atom. The van der Waals surface area contributed by atoms with Crippen LogP contribution in [-0.4, -0.2) is 74.3 Å². The highest BCUT2D eigenvalue weighted by Crippen LogP contribution is 2.43. The van der Waals surface area contributed by atoms with E-state index < -0.39 is 20.0 Å². The van der Waals surface area contributed by atoms with Crippen LogP contribution in [0.1, 0.15) is 374 Å². The van der Waals surface area contributed by atoms with Crippen LogP contribution in [0, 0.1) is 0 Å². The first-order valence-electron chi connectivity index (χ1n) is 36.2. The minimum Gasteiger partial charge on any atom is -0.456 e. The molecule has 0 fully saturated rings. The number of carbonyl (C=O) groups excluding carboxylic acids is 2. The van der Waals surface area contributed by atoms with Gasteiger partial charge in [-0.2, -0.15) is 0 Å². The zero-order chi connectivity index (χ0) is 60.0. The van der Waals surface area contributed by atoms with E-state index in [2.05, 4.69) is 38.2 Å². The van der Waals surface area contributed by atoms with E-state index in [-0.39, 0.29) is 25.1 Å². The first-order chi connectivity index (χ1) is 39.9. The first kappa shape index (κ1) is 80.5. The van der Waals surface area contributed by atoms with Crippen molar-refractivity contribution in [3.8, 4) is 0 Å².